The van der Waals surface area contributed by atoms with Gasteiger partial charge >= 0.3 is 5.97 Å². The Hall–Kier alpha value is -0.816. The normalized spacial score (nSPS) is 12.8. The van der Waals surface area contributed by atoms with Crippen LogP contribution in [-0.4, -0.2) is 28.7 Å². The van der Waals surface area contributed by atoms with Crippen molar-refractivity contribution in [2.75, 3.05) is 6.61 Å². The first-order valence-electron chi connectivity index (χ1n) is 6.84. The van der Waals surface area contributed by atoms with Crippen molar-refractivity contribution < 1.29 is 13.9 Å². The van der Waals surface area contributed by atoms with Gasteiger partial charge in [-0.05, 0) is 19.1 Å². The Labute approximate surface area is 118 Å². The highest BCUT2D eigenvalue weighted by atomic mass is 28.4. The standard InChI is InChI=1S/C14H26O3Si2/c1-8-16-13(15)11-9-10-12(17-11)14(18(2,3)4)19(5,6)7/h9-10,14H,8H2,1-7H3. The second kappa shape index (κ2) is 5.67. The van der Waals surface area contributed by atoms with Crippen LogP contribution in [0.25, 0.3) is 0 Å². The van der Waals surface area contributed by atoms with Crippen LogP contribution < -0.4 is 0 Å². The predicted octanol–water partition coefficient (Wildman–Crippen LogP) is 4.29. The molecule has 0 radical (unpaired) electrons. The van der Waals surface area contributed by atoms with Gasteiger partial charge in [-0.2, -0.15) is 0 Å². The zero-order chi connectivity index (χ0) is 14.8. The first kappa shape index (κ1) is 16.2. The molecule has 1 aromatic rings. The second-order valence-corrected chi connectivity index (χ2v) is 18.3. The van der Waals surface area contributed by atoms with Crippen molar-refractivity contribution in [3.63, 3.8) is 0 Å². The molecule has 0 bridgehead atoms. The highest BCUT2D eigenvalue weighted by Gasteiger charge is 2.40. The summed E-state index contributed by atoms with van der Waals surface area (Å²) in [4.78, 5) is 11.7. The molecule has 1 heterocycles. The average Bonchev–Trinajstić information content (AvgIpc) is 2.62. The van der Waals surface area contributed by atoms with E-state index in [0.29, 0.717) is 17.5 Å². The van der Waals surface area contributed by atoms with E-state index < -0.39 is 16.1 Å². The molecule has 19 heavy (non-hydrogen) atoms. The number of hydrogen-bond donors (Lipinski definition) is 0. The van der Waals surface area contributed by atoms with Crippen LogP contribution in [0.2, 0.25) is 39.3 Å². The first-order valence-corrected chi connectivity index (χ1v) is 14.0. The highest BCUT2D eigenvalue weighted by molar-refractivity contribution is 6.96. The molecule has 0 aromatic carbocycles. The minimum absolute atomic E-state index is 0.332. The van der Waals surface area contributed by atoms with Crippen molar-refractivity contribution in [1.29, 1.82) is 0 Å². The monoisotopic (exact) mass is 298 g/mol. The molecule has 108 valence electrons. The van der Waals surface area contributed by atoms with Gasteiger partial charge < -0.3 is 9.15 Å². The Balaban J connectivity index is 3.10. The lowest BCUT2D eigenvalue weighted by Crippen LogP contribution is -2.46. The number of hydrogen-bond acceptors (Lipinski definition) is 3. The molecule has 5 heteroatoms. The molecule has 3 nitrogen and oxygen atoms in total. The van der Waals surface area contributed by atoms with Crippen LogP contribution in [0.1, 0.15) is 28.4 Å². The van der Waals surface area contributed by atoms with Gasteiger partial charge in [-0.25, -0.2) is 4.79 Å². The van der Waals surface area contributed by atoms with Crippen LogP contribution in [-0.2, 0) is 4.74 Å². The first-order chi connectivity index (χ1) is 8.57. The van der Waals surface area contributed by atoms with Crippen LogP contribution in [0.15, 0.2) is 16.5 Å². The molecular formula is C14H26O3Si2. The number of carbonyl (C=O) groups excluding carboxylic acids is 1. The summed E-state index contributed by atoms with van der Waals surface area (Å²) in [5, 5.41) is 0.503. The van der Waals surface area contributed by atoms with Crippen LogP contribution in [0.4, 0.5) is 0 Å². The molecule has 0 N–H and O–H groups in total. The minimum Gasteiger partial charge on any atom is -0.460 e. The van der Waals surface area contributed by atoms with Crippen LogP contribution in [0, 0.1) is 0 Å². The maximum atomic E-state index is 11.7. The van der Waals surface area contributed by atoms with Gasteiger partial charge in [0.15, 0.2) is 0 Å². The summed E-state index contributed by atoms with van der Waals surface area (Å²) in [5.74, 6) is 0.943. The third-order valence-corrected chi connectivity index (χ3v) is 12.3. The van der Waals surface area contributed by atoms with E-state index in [0.717, 1.165) is 5.76 Å². The summed E-state index contributed by atoms with van der Waals surface area (Å²) in [6.07, 6.45) is 0. The smallest absolute Gasteiger partial charge is 0.374 e. The molecule has 0 saturated heterocycles. The van der Waals surface area contributed by atoms with Crippen LogP contribution in [0.5, 0.6) is 0 Å². The number of ether oxygens (including phenoxy) is 1. The van der Waals surface area contributed by atoms with E-state index in [9.17, 15) is 4.79 Å². The third kappa shape index (κ3) is 4.07. The van der Waals surface area contributed by atoms with Gasteiger partial charge in [0.2, 0.25) is 5.76 Å². The van der Waals surface area contributed by atoms with Crippen molar-refractivity contribution in [3.05, 3.63) is 23.7 Å². The summed E-state index contributed by atoms with van der Waals surface area (Å²) < 4.78 is 10.8. The molecule has 0 spiro atoms. The summed E-state index contributed by atoms with van der Waals surface area (Å²) in [6.45, 7) is 16.4. The highest BCUT2D eigenvalue weighted by Crippen LogP contribution is 2.36. The van der Waals surface area contributed by atoms with Crippen molar-refractivity contribution in [3.8, 4) is 0 Å². The largest absolute Gasteiger partial charge is 0.460 e. The van der Waals surface area contributed by atoms with Crippen molar-refractivity contribution in [2.45, 2.75) is 51.4 Å². The fourth-order valence-corrected chi connectivity index (χ4v) is 15.4. The van der Waals surface area contributed by atoms with E-state index in [2.05, 4.69) is 39.3 Å². The Morgan fingerprint density at radius 2 is 1.68 bits per heavy atom. The fourth-order valence-electron chi connectivity index (χ4n) is 2.97. The number of rotatable bonds is 5. The Kier molecular flexibility index (Phi) is 4.84. The molecule has 0 unspecified atom stereocenters. The molecule has 1 rings (SSSR count). The van der Waals surface area contributed by atoms with E-state index in [1.807, 2.05) is 6.07 Å². The van der Waals surface area contributed by atoms with Crippen molar-refractivity contribution >= 4 is 22.1 Å². The molecule has 1 aromatic heterocycles. The minimum atomic E-state index is -1.39. The van der Waals surface area contributed by atoms with Gasteiger partial charge in [0.25, 0.3) is 0 Å². The lowest BCUT2D eigenvalue weighted by Gasteiger charge is -2.36. The quantitative estimate of drug-likeness (QED) is 0.601. The summed E-state index contributed by atoms with van der Waals surface area (Å²) >= 11 is 0. The Morgan fingerprint density at radius 1 is 1.16 bits per heavy atom. The number of furan rings is 1. The van der Waals surface area contributed by atoms with E-state index in [1.54, 1.807) is 13.0 Å². The van der Waals surface area contributed by atoms with E-state index >= 15 is 0 Å². The molecule has 0 aliphatic heterocycles. The fraction of sp³-hybridized carbons (Fsp3) is 0.643. The summed E-state index contributed by atoms with van der Waals surface area (Å²) in [5.41, 5.74) is 0. The van der Waals surface area contributed by atoms with Crippen molar-refractivity contribution in [2.24, 2.45) is 0 Å². The molecule has 0 aliphatic carbocycles. The zero-order valence-electron chi connectivity index (χ0n) is 13.2. The number of carbonyl (C=O) groups is 1. The topological polar surface area (TPSA) is 39.4 Å². The molecule has 0 atom stereocenters. The predicted molar refractivity (Wildman–Crippen MR) is 84.1 cm³/mol. The molecule has 0 saturated carbocycles. The van der Waals surface area contributed by atoms with Crippen LogP contribution >= 0.6 is 0 Å². The Bertz CT molecular complexity index is 424. The van der Waals surface area contributed by atoms with Gasteiger partial charge in [0.1, 0.15) is 5.76 Å². The maximum Gasteiger partial charge on any atom is 0.374 e. The maximum absolute atomic E-state index is 11.7. The van der Waals surface area contributed by atoms with E-state index in [-0.39, 0.29) is 5.97 Å². The van der Waals surface area contributed by atoms with Gasteiger partial charge in [0, 0.05) is 5.16 Å². The third-order valence-electron chi connectivity index (χ3n) is 3.12. The molecule has 0 amide bonds. The van der Waals surface area contributed by atoms with Gasteiger partial charge in [-0.1, -0.05) is 39.3 Å². The lowest BCUT2D eigenvalue weighted by molar-refractivity contribution is 0.0488. The lowest BCUT2D eigenvalue weighted by atomic mass is 10.4. The molecule has 0 aliphatic rings. The van der Waals surface area contributed by atoms with E-state index in [1.165, 1.54) is 0 Å². The molecule has 0 fully saturated rings. The van der Waals surface area contributed by atoms with Crippen LogP contribution in [0.3, 0.4) is 0 Å². The second-order valence-electron chi connectivity index (χ2n) is 7.09. The molecular weight excluding hydrogens is 272 g/mol. The average molecular weight is 299 g/mol. The Morgan fingerprint density at radius 3 is 2.11 bits per heavy atom. The number of esters is 1. The summed E-state index contributed by atoms with van der Waals surface area (Å²) in [7, 11) is -2.77. The van der Waals surface area contributed by atoms with Gasteiger partial charge in [-0.15, -0.1) is 0 Å². The zero-order valence-corrected chi connectivity index (χ0v) is 15.2. The summed E-state index contributed by atoms with van der Waals surface area (Å²) in [6, 6.07) is 3.72. The SMILES string of the molecule is CCOC(=O)c1ccc(C([Si](C)(C)C)[Si](C)(C)C)o1. The van der Waals surface area contributed by atoms with Crippen molar-refractivity contribution in [1.82, 2.24) is 0 Å². The van der Waals surface area contributed by atoms with E-state index in [4.69, 9.17) is 9.15 Å². The van der Waals surface area contributed by atoms with Gasteiger partial charge in [0.05, 0.1) is 22.8 Å². The van der Waals surface area contributed by atoms with Gasteiger partial charge in [-0.3, -0.25) is 0 Å².